The summed E-state index contributed by atoms with van der Waals surface area (Å²) in [6.07, 6.45) is 3.59. The number of hydrogen-bond donors (Lipinski definition) is 1. The molecule has 0 radical (unpaired) electrons. The molecule has 1 aliphatic heterocycles. The summed E-state index contributed by atoms with van der Waals surface area (Å²) in [5.41, 5.74) is 2.75. The molecule has 3 rings (SSSR count). The van der Waals surface area contributed by atoms with Crippen molar-refractivity contribution in [3.8, 4) is 5.75 Å². The highest BCUT2D eigenvalue weighted by Crippen LogP contribution is 2.28. The van der Waals surface area contributed by atoms with Crippen LogP contribution in [0.15, 0.2) is 48.5 Å². The third-order valence-corrected chi connectivity index (χ3v) is 4.93. The van der Waals surface area contributed by atoms with Crippen molar-refractivity contribution in [3.63, 3.8) is 0 Å². The topological polar surface area (TPSA) is 58.6 Å². The van der Waals surface area contributed by atoms with Crippen LogP contribution in [-0.2, 0) is 16.0 Å². The molecule has 0 aromatic heterocycles. The van der Waals surface area contributed by atoms with Crippen molar-refractivity contribution in [2.75, 3.05) is 23.9 Å². The summed E-state index contributed by atoms with van der Waals surface area (Å²) in [5.74, 6) is 0.0586. The molecule has 142 valence electrons. The summed E-state index contributed by atoms with van der Waals surface area (Å²) in [7, 11) is 1.57. The number of rotatable bonds is 7. The summed E-state index contributed by atoms with van der Waals surface area (Å²) in [4.78, 5) is 26.8. The largest absolute Gasteiger partial charge is 0.495 e. The maximum atomic E-state index is 12.6. The van der Waals surface area contributed by atoms with E-state index < -0.39 is 0 Å². The number of aryl methyl sites for hydroxylation is 1. The predicted molar refractivity (Wildman–Crippen MR) is 107 cm³/mol. The lowest BCUT2D eigenvalue weighted by molar-refractivity contribution is -0.122. The lowest BCUT2D eigenvalue weighted by atomic mass is 10.1. The number of unbranched alkanes of at least 4 members (excludes halogenated alkanes) is 1. The maximum absolute atomic E-state index is 12.6. The van der Waals surface area contributed by atoms with E-state index in [1.807, 2.05) is 24.3 Å². The summed E-state index contributed by atoms with van der Waals surface area (Å²) < 4.78 is 5.27. The Hall–Kier alpha value is -2.82. The molecule has 0 aliphatic carbocycles. The molecular weight excluding hydrogens is 340 g/mol. The van der Waals surface area contributed by atoms with Crippen LogP contribution in [0, 0.1) is 5.92 Å². The molecule has 1 heterocycles. The zero-order valence-corrected chi connectivity index (χ0v) is 15.9. The van der Waals surface area contributed by atoms with Crippen molar-refractivity contribution >= 4 is 23.2 Å². The molecule has 1 unspecified atom stereocenters. The van der Waals surface area contributed by atoms with Gasteiger partial charge in [-0.2, -0.15) is 0 Å². The van der Waals surface area contributed by atoms with Crippen LogP contribution in [0.1, 0.15) is 31.7 Å². The molecule has 0 bridgehead atoms. The summed E-state index contributed by atoms with van der Waals surface area (Å²) in [5, 5.41) is 2.89. The molecule has 2 aromatic rings. The minimum absolute atomic E-state index is 0.0171. The van der Waals surface area contributed by atoms with E-state index in [9.17, 15) is 9.59 Å². The molecule has 2 amide bonds. The van der Waals surface area contributed by atoms with Crippen LogP contribution in [0.3, 0.4) is 0 Å². The highest BCUT2D eigenvalue weighted by Gasteiger charge is 2.35. The van der Waals surface area contributed by atoms with Gasteiger partial charge in [0.05, 0.1) is 18.7 Å². The number of carbonyl (C=O) groups is 2. The molecule has 1 atom stereocenters. The number of para-hydroxylation sites is 2. The number of amides is 2. The van der Waals surface area contributed by atoms with Crippen LogP contribution in [0.5, 0.6) is 5.75 Å². The molecule has 27 heavy (non-hydrogen) atoms. The number of nitrogens with one attached hydrogen (secondary N) is 1. The normalized spacial score (nSPS) is 16.4. The second kappa shape index (κ2) is 8.71. The van der Waals surface area contributed by atoms with Gasteiger partial charge in [-0.05, 0) is 42.7 Å². The fraction of sp³-hybridized carbons (Fsp3) is 0.364. The number of carbonyl (C=O) groups excluding carboxylic acids is 2. The fourth-order valence-corrected chi connectivity index (χ4v) is 3.34. The number of benzene rings is 2. The number of hydrogen-bond acceptors (Lipinski definition) is 3. The van der Waals surface area contributed by atoms with E-state index in [0.717, 1.165) is 24.9 Å². The predicted octanol–water partition coefficient (Wildman–Crippen LogP) is 4.03. The van der Waals surface area contributed by atoms with E-state index in [4.69, 9.17) is 4.74 Å². The van der Waals surface area contributed by atoms with Crippen LogP contribution >= 0.6 is 0 Å². The molecular formula is C22H26N2O3. The Balaban J connectivity index is 1.65. The number of nitrogens with zero attached hydrogens (tertiary/aromatic N) is 1. The first kappa shape index (κ1) is 19.0. The molecule has 1 saturated heterocycles. The number of methoxy groups -OCH3 is 1. The molecule has 5 nitrogen and oxygen atoms in total. The molecule has 1 fully saturated rings. The summed E-state index contributed by atoms with van der Waals surface area (Å²) in [6, 6.07) is 15.4. The highest BCUT2D eigenvalue weighted by atomic mass is 16.5. The minimum atomic E-state index is -0.373. The van der Waals surface area contributed by atoms with Gasteiger partial charge in [-0.3, -0.25) is 9.59 Å². The van der Waals surface area contributed by atoms with E-state index in [1.165, 1.54) is 5.56 Å². The smallest absolute Gasteiger partial charge is 0.229 e. The Kier molecular flexibility index (Phi) is 6.12. The Morgan fingerprint density at radius 1 is 1.19 bits per heavy atom. The van der Waals surface area contributed by atoms with Gasteiger partial charge in [0.1, 0.15) is 5.75 Å². The van der Waals surface area contributed by atoms with Crippen LogP contribution in [-0.4, -0.2) is 25.5 Å². The second-order valence-corrected chi connectivity index (χ2v) is 6.86. The lowest BCUT2D eigenvalue weighted by Gasteiger charge is -2.17. The Morgan fingerprint density at radius 3 is 2.63 bits per heavy atom. The molecule has 0 saturated carbocycles. The fourth-order valence-electron chi connectivity index (χ4n) is 3.34. The Morgan fingerprint density at radius 2 is 1.93 bits per heavy atom. The first-order valence-electron chi connectivity index (χ1n) is 9.45. The maximum Gasteiger partial charge on any atom is 0.229 e. The standard InChI is InChI=1S/C22H26N2O3/c1-3-4-7-16-10-12-18(13-11-16)24-15-17(14-21(24)25)22(26)23-19-8-5-6-9-20(19)27-2/h5-6,8-13,17H,3-4,7,14-15H2,1-2H3,(H,23,26). The first-order valence-corrected chi connectivity index (χ1v) is 9.45. The van der Waals surface area contributed by atoms with Gasteiger partial charge in [0, 0.05) is 18.7 Å². The van der Waals surface area contributed by atoms with Gasteiger partial charge in [0.2, 0.25) is 11.8 Å². The van der Waals surface area contributed by atoms with Crippen molar-refractivity contribution in [1.82, 2.24) is 0 Å². The Labute approximate surface area is 160 Å². The van der Waals surface area contributed by atoms with Crippen molar-refractivity contribution in [2.24, 2.45) is 5.92 Å². The third-order valence-electron chi connectivity index (χ3n) is 4.93. The first-order chi connectivity index (χ1) is 13.1. The van der Waals surface area contributed by atoms with Crippen LogP contribution in [0.25, 0.3) is 0 Å². The highest BCUT2D eigenvalue weighted by molar-refractivity contribution is 6.03. The van der Waals surface area contributed by atoms with E-state index in [0.29, 0.717) is 18.0 Å². The van der Waals surface area contributed by atoms with Crippen molar-refractivity contribution < 1.29 is 14.3 Å². The third kappa shape index (κ3) is 4.48. The molecule has 2 aromatic carbocycles. The molecule has 0 spiro atoms. The summed E-state index contributed by atoms with van der Waals surface area (Å²) in [6.45, 7) is 2.57. The average Bonchev–Trinajstić information content (AvgIpc) is 3.09. The van der Waals surface area contributed by atoms with Crippen LogP contribution < -0.4 is 15.0 Å². The van der Waals surface area contributed by atoms with Crippen LogP contribution in [0.2, 0.25) is 0 Å². The van der Waals surface area contributed by atoms with Gasteiger partial charge < -0.3 is 15.0 Å². The van der Waals surface area contributed by atoms with Gasteiger partial charge in [-0.1, -0.05) is 37.6 Å². The van der Waals surface area contributed by atoms with Gasteiger partial charge in [-0.25, -0.2) is 0 Å². The zero-order chi connectivity index (χ0) is 19.2. The van der Waals surface area contributed by atoms with Gasteiger partial charge >= 0.3 is 0 Å². The van der Waals surface area contributed by atoms with Crippen molar-refractivity contribution in [3.05, 3.63) is 54.1 Å². The van der Waals surface area contributed by atoms with E-state index >= 15 is 0 Å². The van der Waals surface area contributed by atoms with Crippen LogP contribution in [0.4, 0.5) is 11.4 Å². The van der Waals surface area contributed by atoms with Crippen molar-refractivity contribution in [1.29, 1.82) is 0 Å². The zero-order valence-electron chi connectivity index (χ0n) is 15.9. The van der Waals surface area contributed by atoms with E-state index in [1.54, 1.807) is 24.1 Å². The quantitative estimate of drug-likeness (QED) is 0.805. The molecule has 5 heteroatoms. The average molecular weight is 366 g/mol. The minimum Gasteiger partial charge on any atom is -0.495 e. The molecule has 1 aliphatic rings. The SMILES string of the molecule is CCCCc1ccc(N2CC(C(=O)Nc3ccccc3OC)CC2=O)cc1. The monoisotopic (exact) mass is 366 g/mol. The Bertz CT molecular complexity index is 801. The number of anilines is 2. The van der Waals surface area contributed by atoms with Gasteiger partial charge in [0.15, 0.2) is 0 Å². The lowest BCUT2D eigenvalue weighted by Crippen LogP contribution is -2.28. The summed E-state index contributed by atoms with van der Waals surface area (Å²) >= 11 is 0. The van der Waals surface area contributed by atoms with E-state index in [2.05, 4.69) is 24.4 Å². The van der Waals surface area contributed by atoms with Gasteiger partial charge in [-0.15, -0.1) is 0 Å². The second-order valence-electron chi connectivity index (χ2n) is 6.86. The number of ether oxygens (including phenoxy) is 1. The molecule has 1 N–H and O–H groups in total. The van der Waals surface area contributed by atoms with Gasteiger partial charge in [0.25, 0.3) is 0 Å². The van der Waals surface area contributed by atoms with Crippen molar-refractivity contribution in [2.45, 2.75) is 32.6 Å². The van der Waals surface area contributed by atoms with E-state index in [-0.39, 0.29) is 24.2 Å².